The lowest BCUT2D eigenvalue weighted by molar-refractivity contribution is -0.136. The molecule has 2 aromatic carbocycles. The Labute approximate surface area is 199 Å². The van der Waals surface area contributed by atoms with E-state index in [0.717, 1.165) is 61.3 Å². The number of carbonyl (C=O) groups is 1. The third kappa shape index (κ3) is 5.14. The molecular weight excluding hydrogens is 430 g/mol. The van der Waals surface area contributed by atoms with Crippen molar-refractivity contribution in [2.75, 3.05) is 49.1 Å². The second kappa shape index (κ2) is 10.3. The first-order valence-electron chi connectivity index (χ1n) is 11.7. The lowest BCUT2D eigenvalue weighted by atomic mass is 9.96. The summed E-state index contributed by atoms with van der Waals surface area (Å²) in [7, 11) is 0. The highest BCUT2D eigenvalue weighted by Crippen LogP contribution is 2.34. The molecular formula is C26H29N5OS. The topological polar surface area (TPSA) is 52.6 Å². The zero-order valence-corrected chi connectivity index (χ0v) is 19.5. The summed E-state index contributed by atoms with van der Waals surface area (Å²) in [6.07, 6.45) is 5.42. The predicted molar refractivity (Wildman–Crippen MR) is 133 cm³/mol. The first-order chi connectivity index (χ1) is 16.3. The summed E-state index contributed by atoms with van der Waals surface area (Å²) in [6, 6.07) is 20.7. The lowest BCUT2D eigenvalue weighted by Crippen LogP contribution is -2.52. The van der Waals surface area contributed by atoms with Crippen molar-refractivity contribution in [3.05, 3.63) is 73.1 Å². The van der Waals surface area contributed by atoms with E-state index in [1.54, 1.807) is 24.2 Å². The van der Waals surface area contributed by atoms with Gasteiger partial charge in [-0.05, 0) is 37.1 Å². The largest absolute Gasteiger partial charge is 0.368 e. The Morgan fingerprint density at radius 3 is 2.27 bits per heavy atom. The Hall–Kier alpha value is -3.06. The van der Waals surface area contributed by atoms with Crippen LogP contribution in [0.5, 0.6) is 0 Å². The lowest BCUT2D eigenvalue weighted by Gasteiger charge is -2.40. The van der Waals surface area contributed by atoms with Gasteiger partial charge in [0.2, 0.25) is 5.91 Å². The van der Waals surface area contributed by atoms with Crippen LogP contribution in [0.25, 0.3) is 0 Å². The molecule has 3 heterocycles. The number of nitrogens with zero attached hydrogens (tertiary/aromatic N) is 5. The van der Waals surface area contributed by atoms with Gasteiger partial charge in [-0.1, -0.05) is 48.2 Å². The molecule has 33 heavy (non-hydrogen) atoms. The van der Waals surface area contributed by atoms with E-state index in [0.29, 0.717) is 6.54 Å². The molecule has 0 unspecified atom stereocenters. The number of rotatable bonds is 5. The van der Waals surface area contributed by atoms with E-state index in [9.17, 15) is 4.79 Å². The van der Waals surface area contributed by atoms with Gasteiger partial charge in [0, 0.05) is 62.2 Å². The van der Waals surface area contributed by atoms with E-state index in [1.807, 2.05) is 24.3 Å². The maximum Gasteiger partial charge on any atom is 0.227 e. The van der Waals surface area contributed by atoms with Crippen molar-refractivity contribution in [2.45, 2.75) is 22.8 Å². The Morgan fingerprint density at radius 1 is 0.818 bits per heavy atom. The molecule has 2 saturated heterocycles. The Balaban J connectivity index is 1.23. The fourth-order valence-electron chi connectivity index (χ4n) is 4.66. The number of anilines is 2. The zero-order chi connectivity index (χ0) is 22.5. The Morgan fingerprint density at radius 2 is 1.52 bits per heavy atom. The van der Waals surface area contributed by atoms with Crippen LogP contribution < -0.4 is 9.80 Å². The molecule has 2 aliphatic heterocycles. The van der Waals surface area contributed by atoms with Crippen LogP contribution in [0.1, 0.15) is 12.8 Å². The van der Waals surface area contributed by atoms with Crippen LogP contribution in [0, 0.1) is 5.92 Å². The van der Waals surface area contributed by atoms with Crippen molar-refractivity contribution in [1.29, 1.82) is 0 Å². The number of para-hydroxylation sites is 1. The van der Waals surface area contributed by atoms with E-state index in [-0.39, 0.29) is 11.8 Å². The average Bonchev–Trinajstić information content (AvgIpc) is 2.90. The highest BCUT2D eigenvalue weighted by Gasteiger charge is 2.32. The number of benzene rings is 2. The van der Waals surface area contributed by atoms with Gasteiger partial charge in [-0.3, -0.25) is 4.79 Å². The Kier molecular flexibility index (Phi) is 6.76. The van der Waals surface area contributed by atoms with Gasteiger partial charge in [-0.15, -0.1) is 0 Å². The van der Waals surface area contributed by atoms with E-state index in [1.165, 1.54) is 5.69 Å². The van der Waals surface area contributed by atoms with Gasteiger partial charge < -0.3 is 14.7 Å². The van der Waals surface area contributed by atoms with Crippen LogP contribution in [-0.4, -0.2) is 60.0 Å². The molecule has 5 rings (SSSR count). The minimum absolute atomic E-state index is 0.0126. The summed E-state index contributed by atoms with van der Waals surface area (Å²) >= 11 is 1.63. The average molecular weight is 460 g/mol. The maximum absolute atomic E-state index is 13.4. The van der Waals surface area contributed by atoms with Crippen LogP contribution in [-0.2, 0) is 4.79 Å². The predicted octanol–water partition coefficient (Wildman–Crippen LogP) is 4.19. The Bertz CT molecular complexity index is 1060. The molecule has 3 aromatic rings. The van der Waals surface area contributed by atoms with E-state index < -0.39 is 0 Å². The molecule has 1 amide bonds. The van der Waals surface area contributed by atoms with Gasteiger partial charge in [0.15, 0.2) is 5.82 Å². The molecule has 0 radical (unpaired) electrons. The van der Waals surface area contributed by atoms with Crippen molar-refractivity contribution in [3.63, 3.8) is 0 Å². The highest BCUT2D eigenvalue weighted by molar-refractivity contribution is 7.99. The summed E-state index contributed by atoms with van der Waals surface area (Å²) in [5.41, 5.74) is 1.24. The van der Waals surface area contributed by atoms with Crippen LogP contribution in [0.2, 0.25) is 0 Å². The van der Waals surface area contributed by atoms with Crippen LogP contribution in [0.15, 0.2) is 83.0 Å². The third-order valence-electron chi connectivity index (χ3n) is 6.39. The van der Waals surface area contributed by atoms with Gasteiger partial charge in [-0.2, -0.15) is 0 Å². The van der Waals surface area contributed by atoms with Gasteiger partial charge in [-0.25, -0.2) is 9.97 Å². The van der Waals surface area contributed by atoms with Gasteiger partial charge in [0.1, 0.15) is 5.03 Å². The van der Waals surface area contributed by atoms with Crippen molar-refractivity contribution < 1.29 is 4.79 Å². The number of hydrogen-bond donors (Lipinski definition) is 0. The molecule has 2 fully saturated rings. The molecule has 0 bridgehead atoms. The van der Waals surface area contributed by atoms with Crippen LogP contribution in [0.4, 0.5) is 11.5 Å². The summed E-state index contributed by atoms with van der Waals surface area (Å²) in [5.74, 6) is 1.19. The summed E-state index contributed by atoms with van der Waals surface area (Å²) < 4.78 is 0. The van der Waals surface area contributed by atoms with Crippen LogP contribution in [0.3, 0.4) is 0 Å². The molecule has 0 saturated carbocycles. The van der Waals surface area contributed by atoms with Crippen molar-refractivity contribution in [2.24, 2.45) is 5.92 Å². The standard InChI is InChI=1S/C26H29N5OS/c32-26(30-18-16-29(17-19-30)22-9-3-1-4-10-22)21-8-7-15-31(20-21)24-25(28-14-13-27-24)33-23-11-5-2-6-12-23/h1-6,9-14,21H,7-8,15-20H2/t21-/m1/s1. The van der Waals surface area contributed by atoms with Crippen LogP contribution >= 0.6 is 11.8 Å². The minimum atomic E-state index is 0.0126. The SMILES string of the molecule is O=C([C@@H]1CCCN(c2nccnc2Sc2ccccc2)C1)N1CCN(c2ccccc2)CC1. The molecule has 6 nitrogen and oxygen atoms in total. The van der Waals surface area contributed by atoms with Crippen molar-refractivity contribution in [1.82, 2.24) is 14.9 Å². The molecule has 7 heteroatoms. The molecule has 0 aliphatic carbocycles. The summed E-state index contributed by atoms with van der Waals surface area (Å²) in [6.45, 7) is 4.95. The quantitative estimate of drug-likeness (QED) is 0.570. The molecule has 1 atom stereocenters. The molecule has 0 spiro atoms. The molecule has 0 N–H and O–H groups in total. The molecule has 170 valence electrons. The summed E-state index contributed by atoms with van der Waals surface area (Å²) in [5, 5.41) is 0.897. The fraction of sp³-hybridized carbons (Fsp3) is 0.346. The maximum atomic E-state index is 13.4. The van der Waals surface area contributed by atoms with Crippen molar-refractivity contribution >= 4 is 29.2 Å². The zero-order valence-electron chi connectivity index (χ0n) is 18.7. The third-order valence-corrected chi connectivity index (χ3v) is 7.38. The number of amides is 1. The van der Waals surface area contributed by atoms with Gasteiger partial charge >= 0.3 is 0 Å². The number of piperidine rings is 1. The number of hydrogen-bond acceptors (Lipinski definition) is 6. The van der Waals surface area contributed by atoms with E-state index >= 15 is 0 Å². The second-order valence-corrected chi connectivity index (χ2v) is 9.60. The second-order valence-electron chi connectivity index (χ2n) is 8.53. The van der Waals surface area contributed by atoms with Gasteiger partial charge in [0.05, 0.1) is 5.92 Å². The first-order valence-corrected chi connectivity index (χ1v) is 12.5. The fourth-order valence-corrected chi connectivity index (χ4v) is 5.56. The first kappa shape index (κ1) is 21.8. The molecule has 1 aromatic heterocycles. The monoisotopic (exact) mass is 459 g/mol. The summed E-state index contributed by atoms with van der Waals surface area (Å²) in [4.78, 5) is 30.5. The highest BCUT2D eigenvalue weighted by atomic mass is 32.2. The smallest absolute Gasteiger partial charge is 0.227 e. The number of carbonyl (C=O) groups excluding carboxylic acids is 1. The van der Waals surface area contributed by atoms with Gasteiger partial charge in [0.25, 0.3) is 0 Å². The van der Waals surface area contributed by atoms with E-state index in [4.69, 9.17) is 0 Å². The number of aromatic nitrogens is 2. The normalized spacial score (nSPS) is 18.9. The minimum Gasteiger partial charge on any atom is -0.368 e. The van der Waals surface area contributed by atoms with E-state index in [2.05, 4.69) is 61.1 Å². The molecule has 2 aliphatic rings. The number of piperazine rings is 1. The van der Waals surface area contributed by atoms with Crippen molar-refractivity contribution in [3.8, 4) is 0 Å².